The van der Waals surface area contributed by atoms with Gasteiger partial charge in [0.05, 0.1) is 12.1 Å². The van der Waals surface area contributed by atoms with Crippen molar-refractivity contribution in [1.29, 1.82) is 0 Å². The highest BCUT2D eigenvalue weighted by atomic mass is 32.3. The molecule has 1 saturated heterocycles. The van der Waals surface area contributed by atoms with Gasteiger partial charge in [0.2, 0.25) is 0 Å². The van der Waals surface area contributed by atoms with E-state index in [0.29, 0.717) is 0 Å². The van der Waals surface area contributed by atoms with Gasteiger partial charge in [0.25, 0.3) is 0 Å². The molecule has 0 spiro atoms. The molecule has 0 aliphatic carbocycles. The minimum absolute atomic E-state index is 0.120. The Balaban J connectivity index is 2.04. The van der Waals surface area contributed by atoms with Crippen LogP contribution in [-0.4, -0.2) is 26.1 Å². The third-order valence-corrected chi connectivity index (χ3v) is 4.73. The third-order valence-electron chi connectivity index (χ3n) is 4.31. The minimum Gasteiger partial charge on any atom is -0.359 e. The number of para-hydroxylation sites is 1. The fourth-order valence-electron chi connectivity index (χ4n) is 3.32. The first kappa shape index (κ1) is 16.0. The Labute approximate surface area is 136 Å². The monoisotopic (exact) mass is 333 g/mol. The topological polar surface area (TPSA) is 66.8 Å². The number of hydrogen-bond acceptors (Lipinski definition) is 4. The van der Waals surface area contributed by atoms with Crippen LogP contribution in [0.15, 0.2) is 60.7 Å². The molecule has 1 atom stereocenters. The van der Waals surface area contributed by atoms with Crippen LogP contribution in [0.4, 0.5) is 5.69 Å². The molecule has 1 aliphatic heterocycles. The lowest BCUT2D eigenvalue weighted by Gasteiger charge is -2.40. The summed E-state index contributed by atoms with van der Waals surface area (Å²) >= 11 is 0. The Morgan fingerprint density at radius 1 is 1.04 bits per heavy atom. The lowest BCUT2D eigenvalue weighted by Crippen LogP contribution is -2.45. The molecule has 23 heavy (non-hydrogen) atoms. The lowest BCUT2D eigenvalue weighted by atomic mass is 9.87. The summed E-state index contributed by atoms with van der Waals surface area (Å²) in [6, 6.07) is 19.5. The third kappa shape index (κ3) is 3.39. The highest BCUT2D eigenvalue weighted by molar-refractivity contribution is 7.80. The van der Waals surface area contributed by atoms with Crippen molar-refractivity contribution in [2.75, 3.05) is 18.1 Å². The van der Waals surface area contributed by atoms with Crippen molar-refractivity contribution in [2.45, 2.75) is 18.4 Å². The van der Waals surface area contributed by atoms with Crippen molar-refractivity contribution in [1.82, 2.24) is 0 Å². The van der Waals surface area contributed by atoms with E-state index in [1.807, 2.05) is 60.7 Å². The Morgan fingerprint density at radius 3 is 2.26 bits per heavy atom. The van der Waals surface area contributed by atoms with Gasteiger partial charge >= 0.3 is 10.4 Å². The lowest BCUT2D eigenvalue weighted by molar-refractivity contribution is 0.199. The van der Waals surface area contributed by atoms with Crippen LogP contribution in [0.5, 0.6) is 0 Å². The highest BCUT2D eigenvalue weighted by Gasteiger charge is 2.43. The molecule has 1 fully saturated rings. The molecular formula is C17H19NO4S. The van der Waals surface area contributed by atoms with Crippen LogP contribution < -0.4 is 4.90 Å². The molecule has 2 aromatic rings. The van der Waals surface area contributed by atoms with Gasteiger partial charge in [0.1, 0.15) is 0 Å². The number of rotatable bonds is 5. The number of nitrogens with zero attached hydrogens (tertiary/aromatic N) is 1. The van der Waals surface area contributed by atoms with Gasteiger partial charge in [-0.25, -0.2) is 4.18 Å². The van der Waals surface area contributed by atoms with E-state index in [2.05, 4.69) is 4.90 Å². The molecule has 122 valence electrons. The molecule has 3 rings (SSSR count). The SMILES string of the molecule is O=S(=O)(O)OC[C@@]1(c2ccccc2)CCCN1c1ccccc1. The minimum atomic E-state index is -4.49. The molecule has 5 nitrogen and oxygen atoms in total. The van der Waals surface area contributed by atoms with Crippen molar-refractivity contribution >= 4 is 16.1 Å². The van der Waals surface area contributed by atoms with Crippen LogP contribution >= 0.6 is 0 Å². The first-order valence-corrected chi connectivity index (χ1v) is 8.88. The zero-order valence-electron chi connectivity index (χ0n) is 12.6. The molecule has 0 aromatic heterocycles. The van der Waals surface area contributed by atoms with E-state index in [-0.39, 0.29) is 6.61 Å². The molecule has 0 unspecified atom stereocenters. The van der Waals surface area contributed by atoms with E-state index in [9.17, 15) is 8.42 Å². The van der Waals surface area contributed by atoms with E-state index in [1.165, 1.54) is 0 Å². The van der Waals surface area contributed by atoms with Crippen molar-refractivity contribution in [3.63, 3.8) is 0 Å². The van der Waals surface area contributed by atoms with E-state index in [4.69, 9.17) is 8.74 Å². The van der Waals surface area contributed by atoms with E-state index >= 15 is 0 Å². The standard InChI is InChI=1S/C17H19NO4S/c19-23(20,21)22-14-17(15-8-3-1-4-9-15)12-7-13-18(17)16-10-5-2-6-11-16/h1-6,8-11H,7,12-14H2,(H,19,20,21)/t17-/m1/s1. The van der Waals surface area contributed by atoms with Gasteiger partial charge in [0, 0.05) is 12.2 Å². The van der Waals surface area contributed by atoms with Crippen molar-refractivity contribution in [3.8, 4) is 0 Å². The van der Waals surface area contributed by atoms with Crippen LogP contribution in [0.2, 0.25) is 0 Å². The maximum Gasteiger partial charge on any atom is 0.397 e. The summed E-state index contributed by atoms with van der Waals surface area (Å²) in [6.45, 7) is 0.679. The zero-order chi connectivity index (χ0) is 16.3. The summed E-state index contributed by atoms with van der Waals surface area (Å²) in [4.78, 5) is 2.16. The van der Waals surface area contributed by atoms with Gasteiger partial charge in [-0.05, 0) is 30.5 Å². The molecule has 0 radical (unpaired) electrons. The van der Waals surface area contributed by atoms with Gasteiger partial charge in [-0.3, -0.25) is 4.55 Å². The Kier molecular flexibility index (Phi) is 4.39. The smallest absolute Gasteiger partial charge is 0.359 e. The zero-order valence-corrected chi connectivity index (χ0v) is 13.4. The summed E-state index contributed by atoms with van der Waals surface area (Å²) in [6.07, 6.45) is 1.67. The summed E-state index contributed by atoms with van der Waals surface area (Å²) in [5, 5.41) is 0. The Morgan fingerprint density at radius 2 is 1.65 bits per heavy atom. The Bertz CT molecular complexity index is 749. The van der Waals surface area contributed by atoms with Gasteiger partial charge in [0.15, 0.2) is 0 Å². The van der Waals surface area contributed by atoms with E-state index in [1.54, 1.807) is 0 Å². The predicted molar refractivity (Wildman–Crippen MR) is 88.6 cm³/mol. The van der Waals surface area contributed by atoms with Crippen LogP contribution in [0.25, 0.3) is 0 Å². The molecule has 6 heteroatoms. The second-order valence-corrected chi connectivity index (χ2v) is 6.77. The first-order chi connectivity index (χ1) is 11.0. The maximum atomic E-state index is 11.1. The first-order valence-electron chi connectivity index (χ1n) is 7.51. The number of hydrogen-bond donors (Lipinski definition) is 1. The predicted octanol–water partition coefficient (Wildman–Crippen LogP) is 3.00. The van der Waals surface area contributed by atoms with E-state index < -0.39 is 15.9 Å². The maximum absolute atomic E-state index is 11.1. The largest absolute Gasteiger partial charge is 0.397 e. The average Bonchev–Trinajstić information content (AvgIpc) is 2.99. The van der Waals surface area contributed by atoms with Crippen LogP contribution in [0.3, 0.4) is 0 Å². The summed E-state index contributed by atoms with van der Waals surface area (Å²) in [5.41, 5.74) is 1.37. The molecular weight excluding hydrogens is 314 g/mol. The molecule has 0 bridgehead atoms. The fourth-order valence-corrected chi connectivity index (χ4v) is 3.66. The molecule has 1 N–H and O–H groups in total. The number of anilines is 1. The van der Waals surface area contributed by atoms with Crippen molar-refractivity contribution in [3.05, 3.63) is 66.2 Å². The normalized spacial score (nSPS) is 21.5. The molecule has 2 aromatic carbocycles. The summed E-state index contributed by atoms with van der Waals surface area (Å²) in [7, 11) is -4.49. The molecule has 0 amide bonds. The van der Waals surface area contributed by atoms with Crippen LogP contribution in [0, 0.1) is 0 Å². The average molecular weight is 333 g/mol. The fraction of sp³-hybridized carbons (Fsp3) is 0.294. The second-order valence-electron chi connectivity index (χ2n) is 5.68. The summed E-state index contributed by atoms with van der Waals surface area (Å²) < 4.78 is 36.1. The Hall–Kier alpha value is -1.89. The van der Waals surface area contributed by atoms with E-state index in [0.717, 1.165) is 30.6 Å². The van der Waals surface area contributed by atoms with Crippen LogP contribution in [0.1, 0.15) is 18.4 Å². The van der Waals surface area contributed by atoms with Gasteiger partial charge in [-0.2, -0.15) is 8.42 Å². The van der Waals surface area contributed by atoms with Gasteiger partial charge in [-0.15, -0.1) is 0 Å². The van der Waals surface area contributed by atoms with Crippen molar-refractivity contribution < 1.29 is 17.2 Å². The number of benzene rings is 2. The van der Waals surface area contributed by atoms with Gasteiger partial charge < -0.3 is 4.90 Å². The van der Waals surface area contributed by atoms with Gasteiger partial charge in [-0.1, -0.05) is 48.5 Å². The molecule has 1 heterocycles. The quantitative estimate of drug-likeness (QED) is 0.852. The van der Waals surface area contributed by atoms with Crippen molar-refractivity contribution in [2.24, 2.45) is 0 Å². The highest BCUT2D eigenvalue weighted by Crippen LogP contribution is 2.42. The second kappa shape index (κ2) is 6.31. The van der Waals surface area contributed by atoms with Crippen LogP contribution in [-0.2, 0) is 20.1 Å². The summed E-state index contributed by atoms with van der Waals surface area (Å²) in [5.74, 6) is 0. The molecule has 1 aliphatic rings. The molecule has 0 saturated carbocycles.